The van der Waals surface area contributed by atoms with Crippen molar-refractivity contribution in [2.45, 2.75) is 10.2 Å². The van der Waals surface area contributed by atoms with Crippen molar-refractivity contribution in [3.8, 4) is 0 Å². The Labute approximate surface area is 94.5 Å². The summed E-state index contributed by atoms with van der Waals surface area (Å²) in [4.78, 5) is 2.32. The monoisotopic (exact) mass is 273 g/mol. The van der Waals surface area contributed by atoms with Gasteiger partial charge in [0.15, 0.2) is 0 Å². The molecule has 0 saturated carbocycles. The van der Waals surface area contributed by atoms with Crippen LogP contribution in [-0.4, -0.2) is 0 Å². The third kappa shape index (κ3) is 1.58. The summed E-state index contributed by atoms with van der Waals surface area (Å²) in [6, 6.07) is 5.92. The van der Waals surface area contributed by atoms with Crippen LogP contribution in [0.4, 0.5) is 5.69 Å². The number of fused-ring (bicyclic) bond motifs is 1. The lowest BCUT2D eigenvalue weighted by Gasteiger charge is -1.93. The van der Waals surface area contributed by atoms with Crippen LogP contribution in [0.25, 0.3) is 10.1 Å². The average molecular weight is 274 g/mol. The van der Waals surface area contributed by atoms with E-state index in [9.17, 15) is 0 Å². The fourth-order valence-corrected chi connectivity index (χ4v) is 3.57. The van der Waals surface area contributed by atoms with E-state index in [2.05, 4.69) is 28.6 Å². The minimum Gasteiger partial charge on any atom is -0.399 e. The highest BCUT2D eigenvalue weighted by molar-refractivity contribution is 9.08. The summed E-state index contributed by atoms with van der Waals surface area (Å²) < 4.78 is 1.21. The molecule has 0 fully saturated rings. The molecule has 1 aromatic carbocycles. The van der Waals surface area contributed by atoms with Gasteiger partial charge >= 0.3 is 0 Å². The fraction of sp³-hybridized carbons (Fsp3) is 0.111. The van der Waals surface area contributed by atoms with Crippen LogP contribution < -0.4 is 5.73 Å². The molecule has 0 atom stereocenters. The zero-order valence-electron chi connectivity index (χ0n) is 6.75. The first-order chi connectivity index (χ1) is 6.22. The quantitative estimate of drug-likeness (QED) is 0.463. The van der Waals surface area contributed by atoms with Crippen LogP contribution >= 0.6 is 39.9 Å². The van der Waals surface area contributed by atoms with Gasteiger partial charge in [0, 0.05) is 30.9 Å². The van der Waals surface area contributed by atoms with Crippen molar-refractivity contribution in [2.75, 3.05) is 5.73 Å². The summed E-state index contributed by atoms with van der Waals surface area (Å²) >= 11 is 9.64. The predicted octanol–water partition coefficient (Wildman–Crippen LogP) is 3.67. The predicted molar refractivity (Wildman–Crippen MR) is 66.1 cm³/mol. The minimum absolute atomic E-state index is 0.809. The van der Waals surface area contributed by atoms with E-state index in [4.69, 9.17) is 5.73 Å². The van der Waals surface area contributed by atoms with Gasteiger partial charge in [0.1, 0.15) is 0 Å². The van der Waals surface area contributed by atoms with E-state index in [1.165, 1.54) is 15.0 Å². The average Bonchev–Trinajstić information content (AvgIpc) is 2.42. The molecule has 2 N–H and O–H groups in total. The molecule has 0 bridgehead atoms. The molecular weight excluding hydrogens is 266 g/mol. The molecule has 0 aliphatic carbocycles. The Kier molecular flexibility index (Phi) is 2.53. The number of benzene rings is 1. The minimum atomic E-state index is 0.809. The summed E-state index contributed by atoms with van der Waals surface area (Å²) in [5.74, 6) is 0. The lowest BCUT2D eigenvalue weighted by atomic mass is 10.2. The molecule has 13 heavy (non-hydrogen) atoms. The Balaban J connectivity index is 2.76. The largest absolute Gasteiger partial charge is 0.399 e. The van der Waals surface area contributed by atoms with E-state index < -0.39 is 0 Å². The standard InChI is InChI=1S/C9H8BrNS2/c10-4-8-9(12)6-2-1-5(11)3-7(6)13-8/h1-3,12H,4,11H2. The van der Waals surface area contributed by atoms with Gasteiger partial charge in [0.25, 0.3) is 0 Å². The van der Waals surface area contributed by atoms with Gasteiger partial charge in [0.05, 0.1) is 0 Å². The second-order valence-electron chi connectivity index (χ2n) is 2.76. The molecule has 1 heterocycles. The SMILES string of the molecule is Nc1ccc2c(S)c(CBr)sc2c1. The molecule has 68 valence electrons. The molecule has 4 heteroatoms. The smallest absolute Gasteiger partial charge is 0.0388 e. The second-order valence-corrected chi connectivity index (χ2v) is 4.91. The molecule has 0 saturated heterocycles. The van der Waals surface area contributed by atoms with E-state index in [-0.39, 0.29) is 0 Å². The number of rotatable bonds is 1. The molecule has 1 aromatic heterocycles. The third-order valence-corrected chi connectivity index (χ3v) is 4.63. The van der Waals surface area contributed by atoms with Crippen LogP contribution in [0.1, 0.15) is 4.88 Å². The molecule has 0 aliphatic rings. The Morgan fingerprint density at radius 1 is 1.46 bits per heavy atom. The maximum atomic E-state index is 5.69. The zero-order valence-corrected chi connectivity index (χ0v) is 10.0. The van der Waals surface area contributed by atoms with Gasteiger partial charge < -0.3 is 5.73 Å². The van der Waals surface area contributed by atoms with Crippen LogP contribution in [0, 0.1) is 0 Å². The van der Waals surface area contributed by atoms with E-state index >= 15 is 0 Å². The number of thiol groups is 1. The number of halogens is 1. The zero-order chi connectivity index (χ0) is 9.42. The first kappa shape index (κ1) is 9.37. The van der Waals surface area contributed by atoms with E-state index in [0.29, 0.717) is 0 Å². The van der Waals surface area contributed by atoms with E-state index in [1.807, 2.05) is 18.2 Å². The molecule has 0 unspecified atom stereocenters. The molecule has 1 nitrogen and oxygen atoms in total. The van der Waals surface area contributed by atoms with Gasteiger partial charge in [-0.15, -0.1) is 24.0 Å². The number of alkyl halides is 1. The highest BCUT2D eigenvalue weighted by Crippen LogP contribution is 2.36. The van der Waals surface area contributed by atoms with Crippen molar-refractivity contribution in [2.24, 2.45) is 0 Å². The van der Waals surface area contributed by atoms with Crippen LogP contribution in [0.2, 0.25) is 0 Å². The summed E-state index contributed by atoms with van der Waals surface area (Å²) in [7, 11) is 0. The molecule has 0 spiro atoms. The van der Waals surface area contributed by atoms with E-state index in [0.717, 1.165) is 15.9 Å². The normalized spacial score (nSPS) is 10.9. The Morgan fingerprint density at radius 2 is 2.23 bits per heavy atom. The summed E-state index contributed by atoms with van der Waals surface area (Å²) in [5, 5.41) is 2.04. The van der Waals surface area contributed by atoms with Crippen LogP contribution in [-0.2, 0) is 5.33 Å². The van der Waals surface area contributed by atoms with Gasteiger partial charge in [-0.25, -0.2) is 0 Å². The molecule has 0 radical (unpaired) electrons. The number of thiophene rings is 1. The lowest BCUT2D eigenvalue weighted by molar-refractivity contribution is 1.44. The summed E-state index contributed by atoms with van der Waals surface area (Å²) in [6.45, 7) is 0. The maximum Gasteiger partial charge on any atom is 0.0388 e. The second kappa shape index (κ2) is 3.52. The van der Waals surface area contributed by atoms with Gasteiger partial charge in [-0.1, -0.05) is 22.0 Å². The number of anilines is 1. The molecule has 0 amide bonds. The van der Waals surface area contributed by atoms with Gasteiger partial charge in [-0.2, -0.15) is 0 Å². The maximum absolute atomic E-state index is 5.69. The van der Waals surface area contributed by atoms with Crippen molar-refractivity contribution in [1.82, 2.24) is 0 Å². The summed E-state index contributed by atoms with van der Waals surface area (Å²) in [6.07, 6.45) is 0. The first-order valence-electron chi connectivity index (χ1n) is 3.78. The number of nitrogens with two attached hydrogens (primary N) is 1. The van der Waals surface area contributed by atoms with Crippen molar-refractivity contribution < 1.29 is 0 Å². The number of hydrogen-bond donors (Lipinski definition) is 2. The van der Waals surface area contributed by atoms with Crippen molar-refractivity contribution in [3.63, 3.8) is 0 Å². The Morgan fingerprint density at radius 3 is 2.92 bits per heavy atom. The van der Waals surface area contributed by atoms with Gasteiger partial charge in [-0.3, -0.25) is 0 Å². The van der Waals surface area contributed by atoms with Crippen molar-refractivity contribution >= 4 is 55.7 Å². The van der Waals surface area contributed by atoms with Crippen LogP contribution in [0.3, 0.4) is 0 Å². The Bertz CT molecular complexity index is 450. The van der Waals surface area contributed by atoms with E-state index in [1.54, 1.807) is 11.3 Å². The topological polar surface area (TPSA) is 26.0 Å². The molecule has 0 aliphatic heterocycles. The van der Waals surface area contributed by atoms with Crippen molar-refractivity contribution in [1.29, 1.82) is 0 Å². The fourth-order valence-electron chi connectivity index (χ4n) is 1.24. The van der Waals surface area contributed by atoms with Crippen LogP contribution in [0.5, 0.6) is 0 Å². The lowest BCUT2D eigenvalue weighted by Crippen LogP contribution is -1.81. The molecule has 2 rings (SSSR count). The Hall–Kier alpha value is -0.190. The number of nitrogen functional groups attached to an aromatic ring is 1. The molecular formula is C9H8BrNS2. The molecule has 2 aromatic rings. The van der Waals surface area contributed by atoms with Crippen LogP contribution in [0.15, 0.2) is 23.1 Å². The first-order valence-corrected chi connectivity index (χ1v) is 6.16. The summed E-state index contributed by atoms with van der Waals surface area (Å²) in [5.41, 5.74) is 6.50. The van der Waals surface area contributed by atoms with Gasteiger partial charge in [-0.05, 0) is 12.1 Å². The van der Waals surface area contributed by atoms with Gasteiger partial charge in [0.2, 0.25) is 0 Å². The highest BCUT2D eigenvalue weighted by atomic mass is 79.9. The highest BCUT2D eigenvalue weighted by Gasteiger charge is 2.07. The third-order valence-electron chi connectivity index (χ3n) is 1.88. The van der Waals surface area contributed by atoms with Crippen molar-refractivity contribution in [3.05, 3.63) is 23.1 Å². The number of hydrogen-bond acceptors (Lipinski definition) is 3.